The van der Waals surface area contributed by atoms with Crippen LogP contribution in [-0.4, -0.2) is 39.1 Å². The standard InChI is InChI=1S/C14H19F2NO3/c1-10(17-8-11-9-18-6-7-19-11)12-4-2-3-5-13(12)20-14(15)16/h2-5,10-11,14,17H,6-9H2,1H3. The predicted octanol–water partition coefficient (Wildman–Crippen LogP) is 2.35. The molecule has 6 heteroatoms. The Balaban J connectivity index is 1.92. The zero-order chi connectivity index (χ0) is 14.4. The van der Waals surface area contributed by atoms with Crippen molar-refractivity contribution < 1.29 is 23.0 Å². The average Bonchev–Trinajstić information content (AvgIpc) is 2.46. The van der Waals surface area contributed by atoms with E-state index in [0.29, 0.717) is 31.9 Å². The molecule has 0 aromatic heterocycles. The van der Waals surface area contributed by atoms with Gasteiger partial charge in [-0.15, -0.1) is 0 Å². The molecule has 1 heterocycles. The smallest absolute Gasteiger partial charge is 0.387 e. The topological polar surface area (TPSA) is 39.7 Å². The molecule has 1 aromatic rings. The summed E-state index contributed by atoms with van der Waals surface area (Å²) >= 11 is 0. The molecule has 1 fully saturated rings. The van der Waals surface area contributed by atoms with Crippen molar-refractivity contribution in [2.75, 3.05) is 26.4 Å². The maximum absolute atomic E-state index is 12.4. The van der Waals surface area contributed by atoms with Crippen LogP contribution < -0.4 is 10.1 Å². The lowest BCUT2D eigenvalue weighted by Crippen LogP contribution is -2.38. The van der Waals surface area contributed by atoms with Crippen molar-refractivity contribution in [1.29, 1.82) is 0 Å². The molecule has 0 amide bonds. The van der Waals surface area contributed by atoms with Crippen molar-refractivity contribution in [3.8, 4) is 5.75 Å². The van der Waals surface area contributed by atoms with Gasteiger partial charge in [-0.05, 0) is 13.0 Å². The number of benzene rings is 1. The number of hydrogen-bond acceptors (Lipinski definition) is 4. The molecule has 20 heavy (non-hydrogen) atoms. The Labute approximate surface area is 117 Å². The van der Waals surface area contributed by atoms with Crippen molar-refractivity contribution in [1.82, 2.24) is 5.32 Å². The van der Waals surface area contributed by atoms with Gasteiger partial charge in [0.1, 0.15) is 5.75 Å². The van der Waals surface area contributed by atoms with Gasteiger partial charge in [-0.2, -0.15) is 8.78 Å². The molecular weight excluding hydrogens is 268 g/mol. The summed E-state index contributed by atoms with van der Waals surface area (Å²) in [5.41, 5.74) is 0.699. The van der Waals surface area contributed by atoms with Crippen molar-refractivity contribution in [3.05, 3.63) is 29.8 Å². The van der Waals surface area contributed by atoms with E-state index >= 15 is 0 Å². The third-order valence-corrected chi connectivity index (χ3v) is 3.14. The quantitative estimate of drug-likeness (QED) is 0.872. The van der Waals surface area contributed by atoms with Crippen LogP contribution in [0.5, 0.6) is 5.75 Å². The first kappa shape index (κ1) is 15.2. The van der Waals surface area contributed by atoms with Gasteiger partial charge in [0.05, 0.1) is 25.9 Å². The highest BCUT2D eigenvalue weighted by Gasteiger charge is 2.18. The van der Waals surface area contributed by atoms with E-state index in [1.54, 1.807) is 24.3 Å². The SMILES string of the molecule is CC(NCC1COCCO1)c1ccccc1OC(F)F. The zero-order valence-electron chi connectivity index (χ0n) is 11.4. The van der Waals surface area contributed by atoms with Gasteiger partial charge in [0.2, 0.25) is 0 Å². The number of para-hydroxylation sites is 1. The molecule has 1 N–H and O–H groups in total. The second-order valence-corrected chi connectivity index (χ2v) is 4.61. The monoisotopic (exact) mass is 287 g/mol. The molecule has 1 aliphatic heterocycles. The molecular formula is C14H19F2NO3. The molecule has 2 unspecified atom stereocenters. The summed E-state index contributed by atoms with van der Waals surface area (Å²) < 4.78 is 40.1. The lowest BCUT2D eigenvalue weighted by Gasteiger charge is -2.25. The molecule has 1 saturated heterocycles. The van der Waals surface area contributed by atoms with Gasteiger partial charge in [0, 0.05) is 18.2 Å². The van der Waals surface area contributed by atoms with Crippen LogP contribution >= 0.6 is 0 Å². The summed E-state index contributed by atoms with van der Waals surface area (Å²) in [6.45, 7) is 1.44. The molecule has 0 spiro atoms. The van der Waals surface area contributed by atoms with E-state index in [0.717, 1.165) is 0 Å². The number of rotatable bonds is 6. The minimum Gasteiger partial charge on any atom is -0.434 e. The molecule has 2 rings (SSSR count). The van der Waals surface area contributed by atoms with E-state index in [-0.39, 0.29) is 17.9 Å². The van der Waals surface area contributed by atoms with Gasteiger partial charge < -0.3 is 19.5 Å². The fourth-order valence-corrected chi connectivity index (χ4v) is 2.11. The van der Waals surface area contributed by atoms with Crippen LogP contribution in [0.25, 0.3) is 0 Å². The minimum atomic E-state index is -2.82. The van der Waals surface area contributed by atoms with E-state index in [1.807, 2.05) is 6.92 Å². The summed E-state index contributed by atoms with van der Waals surface area (Å²) in [6.07, 6.45) is -0.00520. The van der Waals surface area contributed by atoms with Crippen molar-refractivity contribution >= 4 is 0 Å². The molecule has 112 valence electrons. The van der Waals surface area contributed by atoms with E-state index < -0.39 is 6.61 Å². The van der Waals surface area contributed by atoms with Gasteiger partial charge in [-0.1, -0.05) is 18.2 Å². The third kappa shape index (κ3) is 4.40. The largest absolute Gasteiger partial charge is 0.434 e. The highest BCUT2D eigenvalue weighted by molar-refractivity contribution is 5.35. The first-order chi connectivity index (χ1) is 9.66. The molecule has 1 aliphatic rings. The number of alkyl halides is 2. The Morgan fingerprint density at radius 2 is 2.15 bits per heavy atom. The maximum atomic E-state index is 12.4. The Morgan fingerprint density at radius 3 is 2.85 bits per heavy atom. The maximum Gasteiger partial charge on any atom is 0.387 e. The number of nitrogens with one attached hydrogen (secondary N) is 1. The fraction of sp³-hybridized carbons (Fsp3) is 0.571. The minimum absolute atomic E-state index is 0.00520. The summed E-state index contributed by atoms with van der Waals surface area (Å²) in [7, 11) is 0. The van der Waals surface area contributed by atoms with Crippen LogP contribution in [0.1, 0.15) is 18.5 Å². The lowest BCUT2D eigenvalue weighted by atomic mass is 10.1. The van der Waals surface area contributed by atoms with Crippen molar-refractivity contribution in [2.24, 2.45) is 0 Å². The third-order valence-electron chi connectivity index (χ3n) is 3.14. The van der Waals surface area contributed by atoms with Gasteiger partial charge in [0.25, 0.3) is 0 Å². The molecule has 2 atom stereocenters. The molecule has 0 aliphatic carbocycles. The van der Waals surface area contributed by atoms with E-state index in [9.17, 15) is 8.78 Å². The van der Waals surface area contributed by atoms with Crippen LogP contribution in [0.15, 0.2) is 24.3 Å². The van der Waals surface area contributed by atoms with Gasteiger partial charge in [-0.3, -0.25) is 0 Å². The Morgan fingerprint density at radius 1 is 1.35 bits per heavy atom. The summed E-state index contributed by atoms with van der Waals surface area (Å²) in [5, 5.41) is 3.25. The van der Waals surface area contributed by atoms with Crippen LogP contribution in [0.2, 0.25) is 0 Å². The van der Waals surface area contributed by atoms with E-state index in [2.05, 4.69) is 10.1 Å². The summed E-state index contributed by atoms with van der Waals surface area (Å²) in [4.78, 5) is 0. The van der Waals surface area contributed by atoms with Crippen LogP contribution in [-0.2, 0) is 9.47 Å². The fourth-order valence-electron chi connectivity index (χ4n) is 2.11. The molecule has 1 aromatic carbocycles. The van der Waals surface area contributed by atoms with E-state index in [1.165, 1.54) is 0 Å². The van der Waals surface area contributed by atoms with Crippen molar-refractivity contribution in [3.63, 3.8) is 0 Å². The Hall–Kier alpha value is -1.24. The second kappa shape index (κ2) is 7.52. The summed E-state index contributed by atoms with van der Waals surface area (Å²) in [5.74, 6) is 0.198. The lowest BCUT2D eigenvalue weighted by molar-refractivity contribution is -0.0870. The average molecular weight is 287 g/mol. The highest BCUT2D eigenvalue weighted by Crippen LogP contribution is 2.26. The first-order valence-electron chi connectivity index (χ1n) is 6.63. The van der Waals surface area contributed by atoms with Gasteiger partial charge in [-0.25, -0.2) is 0 Å². The normalized spacial score (nSPS) is 20.9. The highest BCUT2D eigenvalue weighted by atomic mass is 19.3. The molecule has 0 saturated carbocycles. The second-order valence-electron chi connectivity index (χ2n) is 4.61. The summed E-state index contributed by atoms with van der Waals surface area (Å²) in [6, 6.07) is 6.67. The predicted molar refractivity (Wildman–Crippen MR) is 70.1 cm³/mol. The van der Waals surface area contributed by atoms with Crippen molar-refractivity contribution in [2.45, 2.75) is 25.7 Å². The molecule has 4 nitrogen and oxygen atoms in total. The molecule has 0 bridgehead atoms. The molecule has 0 radical (unpaired) electrons. The van der Waals surface area contributed by atoms with Gasteiger partial charge in [0.15, 0.2) is 0 Å². The van der Waals surface area contributed by atoms with Crippen LogP contribution in [0.4, 0.5) is 8.78 Å². The van der Waals surface area contributed by atoms with Crippen LogP contribution in [0, 0.1) is 0 Å². The zero-order valence-corrected chi connectivity index (χ0v) is 11.4. The number of halogens is 2. The number of ether oxygens (including phenoxy) is 3. The number of hydrogen-bond donors (Lipinski definition) is 1. The first-order valence-corrected chi connectivity index (χ1v) is 6.63. The van der Waals surface area contributed by atoms with Crippen LogP contribution in [0.3, 0.4) is 0 Å². The Kier molecular flexibility index (Phi) is 5.70. The Bertz CT molecular complexity index is 411. The van der Waals surface area contributed by atoms with Gasteiger partial charge >= 0.3 is 6.61 Å². The van der Waals surface area contributed by atoms with E-state index in [4.69, 9.17) is 9.47 Å².